The highest BCUT2D eigenvalue weighted by atomic mass is 79.9. The SMILES string of the molecule is Cl.O=C(NCC1CCNC1)c1ccccc1Br. The smallest absolute Gasteiger partial charge is 0.252 e. The number of carbonyl (C=O) groups is 1. The Hall–Kier alpha value is -0.580. The summed E-state index contributed by atoms with van der Waals surface area (Å²) in [5.41, 5.74) is 0.702. The second-order valence-corrected chi connectivity index (χ2v) is 4.90. The maximum Gasteiger partial charge on any atom is 0.252 e. The molecule has 1 fully saturated rings. The Balaban J connectivity index is 0.00000144. The standard InChI is InChI=1S/C12H15BrN2O.ClH/c13-11-4-2-1-3-10(11)12(16)15-8-9-5-6-14-7-9;/h1-4,9,14H,5-8H2,(H,15,16);1H. The molecule has 0 aliphatic carbocycles. The van der Waals surface area contributed by atoms with Gasteiger partial charge in [-0.3, -0.25) is 4.79 Å². The van der Waals surface area contributed by atoms with Crippen LogP contribution in [0.1, 0.15) is 16.8 Å². The zero-order chi connectivity index (χ0) is 11.4. The predicted molar refractivity (Wildman–Crippen MR) is 74.7 cm³/mol. The lowest BCUT2D eigenvalue weighted by Crippen LogP contribution is -2.30. The van der Waals surface area contributed by atoms with Crippen molar-refractivity contribution in [2.24, 2.45) is 5.92 Å². The number of halogens is 2. The van der Waals surface area contributed by atoms with Gasteiger partial charge >= 0.3 is 0 Å². The van der Waals surface area contributed by atoms with Crippen LogP contribution in [0.15, 0.2) is 28.7 Å². The fourth-order valence-electron chi connectivity index (χ4n) is 1.87. The summed E-state index contributed by atoms with van der Waals surface area (Å²) >= 11 is 3.38. The van der Waals surface area contributed by atoms with Crippen LogP contribution in [-0.4, -0.2) is 25.5 Å². The van der Waals surface area contributed by atoms with Crippen molar-refractivity contribution in [3.05, 3.63) is 34.3 Å². The zero-order valence-corrected chi connectivity index (χ0v) is 11.8. The van der Waals surface area contributed by atoms with Gasteiger partial charge in [0.1, 0.15) is 0 Å². The zero-order valence-electron chi connectivity index (χ0n) is 9.41. The third-order valence-electron chi connectivity index (χ3n) is 2.83. The summed E-state index contributed by atoms with van der Waals surface area (Å²) in [4.78, 5) is 11.9. The van der Waals surface area contributed by atoms with E-state index in [1.165, 1.54) is 0 Å². The second-order valence-electron chi connectivity index (χ2n) is 4.05. The highest BCUT2D eigenvalue weighted by molar-refractivity contribution is 9.10. The molecule has 1 amide bonds. The van der Waals surface area contributed by atoms with E-state index in [0.29, 0.717) is 11.5 Å². The minimum atomic E-state index is -0.000579. The number of carbonyl (C=O) groups excluding carboxylic acids is 1. The number of amides is 1. The Morgan fingerprint density at radius 2 is 2.24 bits per heavy atom. The Labute approximate surface area is 116 Å². The summed E-state index contributed by atoms with van der Waals surface area (Å²) in [6.45, 7) is 2.83. The normalized spacial score (nSPS) is 18.5. The van der Waals surface area contributed by atoms with Gasteiger partial charge in [-0.15, -0.1) is 12.4 Å². The van der Waals surface area contributed by atoms with Gasteiger partial charge in [0.2, 0.25) is 0 Å². The van der Waals surface area contributed by atoms with Crippen molar-refractivity contribution < 1.29 is 4.79 Å². The monoisotopic (exact) mass is 318 g/mol. The molecule has 1 aliphatic rings. The van der Waals surface area contributed by atoms with Gasteiger partial charge in [0, 0.05) is 11.0 Å². The number of benzene rings is 1. The lowest BCUT2D eigenvalue weighted by atomic mass is 10.1. The van der Waals surface area contributed by atoms with Crippen molar-refractivity contribution in [2.45, 2.75) is 6.42 Å². The van der Waals surface area contributed by atoms with Gasteiger partial charge in [0.25, 0.3) is 5.91 Å². The average Bonchev–Trinajstić information content (AvgIpc) is 2.79. The number of hydrogen-bond acceptors (Lipinski definition) is 2. The van der Waals surface area contributed by atoms with E-state index in [1.54, 1.807) is 0 Å². The highest BCUT2D eigenvalue weighted by Gasteiger charge is 2.16. The predicted octanol–water partition coefficient (Wildman–Crippen LogP) is 2.21. The van der Waals surface area contributed by atoms with E-state index >= 15 is 0 Å². The lowest BCUT2D eigenvalue weighted by Gasteiger charge is -2.10. The molecule has 2 rings (SSSR count). The van der Waals surface area contributed by atoms with E-state index in [1.807, 2.05) is 24.3 Å². The van der Waals surface area contributed by atoms with Crippen LogP contribution in [0.4, 0.5) is 0 Å². The molecule has 1 aliphatic heterocycles. The summed E-state index contributed by atoms with van der Waals surface area (Å²) in [5.74, 6) is 0.575. The molecule has 0 bridgehead atoms. The van der Waals surface area contributed by atoms with Gasteiger partial charge in [-0.05, 0) is 53.5 Å². The first-order valence-electron chi connectivity index (χ1n) is 5.51. The topological polar surface area (TPSA) is 41.1 Å². The molecule has 5 heteroatoms. The maximum atomic E-state index is 11.9. The van der Waals surface area contributed by atoms with E-state index in [4.69, 9.17) is 0 Å². The number of hydrogen-bond donors (Lipinski definition) is 2. The molecule has 1 aromatic carbocycles. The molecule has 3 nitrogen and oxygen atoms in total. The Morgan fingerprint density at radius 3 is 2.88 bits per heavy atom. The molecule has 0 spiro atoms. The first kappa shape index (κ1) is 14.5. The van der Waals surface area contributed by atoms with Gasteiger partial charge in [-0.25, -0.2) is 0 Å². The highest BCUT2D eigenvalue weighted by Crippen LogP contribution is 2.15. The van der Waals surface area contributed by atoms with E-state index < -0.39 is 0 Å². The van der Waals surface area contributed by atoms with Crippen molar-refractivity contribution in [2.75, 3.05) is 19.6 Å². The average molecular weight is 320 g/mol. The van der Waals surface area contributed by atoms with Crippen LogP contribution in [0.3, 0.4) is 0 Å². The van der Waals surface area contributed by atoms with E-state index in [-0.39, 0.29) is 18.3 Å². The molecule has 0 aromatic heterocycles. The van der Waals surface area contributed by atoms with Crippen molar-refractivity contribution in [1.82, 2.24) is 10.6 Å². The van der Waals surface area contributed by atoms with Gasteiger partial charge in [-0.2, -0.15) is 0 Å². The summed E-state index contributed by atoms with van der Waals surface area (Å²) < 4.78 is 0.844. The van der Waals surface area contributed by atoms with Crippen LogP contribution in [0.2, 0.25) is 0 Å². The Bertz CT molecular complexity index is 381. The van der Waals surface area contributed by atoms with Gasteiger partial charge in [-0.1, -0.05) is 12.1 Å². The molecule has 1 aromatic rings. The van der Waals surface area contributed by atoms with E-state index in [0.717, 1.165) is 30.5 Å². The summed E-state index contributed by atoms with van der Waals surface area (Å²) in [5, 5.41) is 6.26. The van der Waals surface area contributed by atoms with Gasteiger partial charge < -0.3 is 10.6 Å². The van der Waals surface area contributed by atoms with Gasteiger partial charge in [0.05, 0.1) is 5.56 Å². The van der Waals surface area contributed by atoms with Crippen LogP contribution >= 0.6 is 28.3 Å². The third-order valence-corrected chi connectivity index (χ3v) is 3.52. The molecular formula is C12H16BrClN2O. The largest absolute Gasteiger partial charge is 0.352 e. The van der Waals surface area contributed by atoms with Crippen LogP contribution in [0.5, 0.6) is 0 Å². The first-order chi connectivity index (χ1) is 7.77. The van der Waals surface area contributed by atoms with Crippen LogP contribution in [0.25, 0.3) is 0 Å². The molecule has 1 unspecified atom stereocenters. The first-order valence-corrected chi connectivity index (χ1v) is 6.30. The Kier molecular flexibility index (Phi) is 5.95. The van der Waals surface area contributed by atoms with Crippen molar-refractivity contribution in [3.63, 3.8) is 0 Å². The fraction of sp³-hybridized carbons (Fsp3) is 0.417. The number of rotatable bonds is 3. The summed E-state index contributed by atoms with van der Waals surface area (Å²) in [7, 11) is 0. The molecule has 1 saturated heterocycles. The molecule has 0 radical (unpaired) electrons. The Morgan fingerprint density at radius 1 is 1.47 bits per heavy atom. The van der Waals surface area contributed by atoms with Crippen LogP contribution in [-0.2, 0) is 0 Å². The van der Waals surface area contributed by atoms with Crippen molar-refractivity contribution in [3.8, 4) is 0 Å². The molecule has 17 heavy (non-hydrogen) atoms. The molecule has 2 N–H and O–H groups in total. The quantitative estimate of drug-likeness (QED) is 0.897. The van der Waals surface area contributed by atoms with E-state index in [9.17, 15) is 4.79 Å². The lowest BCUT2D eigenvalue weighted by molar-refractivity contribution is 0.0947. The fourth-order valence-corrected chi connectivity index (χ4v) is 2.33. The van der Waals surface area contributed by atoms with Crippen LogP contribution < -0.4 is 10.6 Å². The molecule has 1 heterocycles. The van der Waals surface area contributed by atoms with Crippen molar-refractivity contribution in [1.29, 1.82) is 0 Å². The van der Waals surface area contributed by atoms with Crippen LogP contribution in [0, 0.1) is 5.92 Å². The van der Waals surface area contributed by atoms with Crippen molar-refractivity contribution >= 4 is 34.2 Å². The van der Waals surface area contributed by atoms with E-state index in [2.05, 4.69) is 26.6 Å². The minimum absolute atomic E-state index is 0. The second kappa shape index (κ2) is 6.99. The van der Waals surface area contributed by atoms with Gasteiger partial charge in [0.15, 0.2) is 0 Å². The summed E-state index contributed by atoms with van der Waals surface area (Å²) in [6.07, 6.45) is 1.15. The molecule has 0 saturated carbocycles. The molecular weight excluding hydrogens is 304 g/mol. The number of nitrogens with one attached hydrogen (secondary N) is 2. The molecule has 1 atom stereocenters. The third kappa shape index (κ3) is 3.98. The summed E-state index contributed by atoms with van der Waals surface area (Å²) in [6, 6.07) is 7.48. The molecule has 94 valence electrons. The maximum absolute atomic E-state index is 11.9. The minimum Gasteiger partial charge on any atom is -0.352 e.